The summed E-state index contributed by atoms with van der Waals surface area (Å²) in [5, 5.41) is 0.615. The maximum absolute atomic E-state index is 11.8. The molecular weight excluding hydrogens is 222 g/mol. The van der Waals surface area contributed by atoms with Crippen LogP contribution in [0.2, 0.25) is 5.02 Å². The number of halogens is 1. The van der Waals surface area contributed by atoms with Crippen molar-refractivity contribution in [1.29, 1.82) is 0 Å². The Hall–Kier alpha value is -1.80. The Balaban J connectivity index is 2.12. The van der Waals surface area contributed by atoms with Crippen molar-refractivity contribution < 1.29 is 9.36 Å². The molecule has 0 amide bonds. The van der Waals surface area contributed by atoms with Gasteiger partial charge in [0.1, 0.15) is 0 Å². The SMILES string of the molecule is O=C([C-][n+]1ccccc1)c1ccc(Cl)cc1. The minimum absolute atomic E-state index is 0.173. The second-order valence-corrected chi connectivity index (χ2v) is 3.67. The monoisotopic (exact) mass is 230 g/mol. The number of hydrogen-bond donors (Lipinski definition) is 0. The molecule has 2 rings (SSSR count). The van der Waals surface area contributed by atoms with Gasteiger partial charge in [-0.25, -0.2) is 0 Å². The number of benzene rings is 1. The van der Waals surface area contributed by atoms with Gasteiger partial charge >= 0.3 is 0 Å². The summed E-state index contributed by atoms with van der Waals surface area (Å²) >= 11 is 5.74. The number of carbonyl (C=O) groups is 1. The van der Waals surface area contributed by atoms with Crippen LogP contribution in [0.25, 0.3) is 0 Å². The lowest BCUT2D eigenvalue weighted by molar-refractivity contribution is -0.625. The lowest BCUT2D eigenvalue weighted by Crippen LogP contribution is -2.34. The first-order chi connectivity index (χ1) is 7.75. The van der Waals surface area contributed by atoms with Gasteiger partial charge in [-0.1, -0.05) is 41.9 Å². The molecule has 0 unspecified atom stereocenters. The van der Waals surface area contributed by atoms with Crippen molar-refractivity contribution >= 4 is 17.4 Å². The number of rotatable bonds is 3. The van der Waals surface area contributed by atoms with Crippen LogP contribution in [-0.4, -0.2) is 5.78 Å². The zero-order valence-corrected chi connectivity index (χ0v) is 9.19. The second-order valence-electron chi connectivity index (χ2n) is 3.23. The van der Waals surface area contributed by atoms with Crippen LogP contribution in [0, 0.1) is 6.54 Å². The Morgan fingerprint density at radius 1 is 1.06 bits per heavy atom. The highest BCUT2D eigenvalue weighted by molar-refractivity contribution is 6.30. The van der Waals surface area contributed by atoms with Crippen molar-refractivity contribution in [3.63, 3.8) is 0 Å². The quantitative estimate of drug-likeness (QED) is 0.451. The molecule has 0 fully saturated rings. The van der Waals surface area contributed by atoms with E-state index in [4.69, 9.17) is 11.6 Å². The van der Waals surface area contributed by atoms with Crippen LogP contribution in [0.1, 0.15) is 10.4 Å². The van der Waals surface area contributed by atoms with Crippen molar-refractivity contribution in [2.45, 2.75) is 0 Å². The standard InChI is InChI=1S/C13H9ClNO/c14-12-6-4-11(5-7-12)13(16)10-15-8-2-1-3-9-15/h1-9H. The predicted octanol–water partition coefficient (Wildman–Crippen LogP) is 2.40. The molecule has 0 bridgehead atoms. The number of aromatic nitrogens is 1. The molecule has 0 atom stereocenters. The molecule has 1 aromatic heterocycles. The van der Waals surface area contributed by atoms with E-state index >= 15 is 0 Å². The molecule has 0 aliphatic heterocycles. The summed E-state index contributed by atoms with van der Waals surface area (Å²) in [5.41, 5.74) is 0.570. The van der Waals surface area contributed by atoms with Crippen molar-refractivity contribution in [3.05, 3.63) is 72.0 Å². The van der Waals surface area contributed by atoms with Crippen molar-refractivity contribution in [2.75, 3.05) is 0 Å². The topological polar surface area (TPSA) is 20.9 Å². The molecule has 1 radical (unpaired) electrons. The average Bonchev–Trinajstić information content (AvgIpc) is 2.31. The van der Waals surface area contributed by atoms with E-state index in [0.717, 1.165) is 0 Å². The van der Waals surface area contributed by atoms with Crippen LogP contribution in [0.5, 0.6) is 0 Å². The highest BCUT2D eigenvalue weighted by Gasteiger charge is 2.06. The Kier molecular flexibility index (Phi) is 3.22. The van der Waals surface area contributed by atoms with Gasteiger partial charge in [-0.3, -0.25) is 4.57 Å². The van der Waals surface area contributed by atoms with Crippen molar-refractivity contribution in [2.24, 2.45) is 0 Å². The molecule has 2 aromatic rings. The van der Waals surface area contributed by atoms with Crippen LogP contribution in [-0.2, 0) is 0 Å². The van der Waals surface area contributed by atoms with Gasteiger partial charge in [0.2, 0.25) is 6.54 Å². The van der Waals surface area contributed by atoms with E-state index in [1.165, 1.54) is 0 Å². The fourth-order valence-corrected chi connectivity index (χ4v) is 1.38. The molecule has 2 nitrogen and oxygen atoms in total. The zero-order valence-electron chi connectivity index (χ0n) is 8.43. The van der Waals surface area contributed by atoms with E-state index in [1.54, 1.807) is 41.2 Å². The Bertz CT molecular complexity index is 479. The minimum atomic E-state index is -0.173. The number of Topliss-reactive ketones (excluding diaryl/α,β-unsaturated/α-hetero) is 1. The highest BCUT2D eigenvalue weighted by Crippen LogP contribution is 2.10. The highest BCUT2D eigenvalue weighted by atomic mass is 35.5. The lowest BCUT2D eigenvalue weighted by Gasteiger charge is -2.02. The number of hydrogen-bond acceptors (Lipinski definition) is 1. The van der Waals surface area contributed by atoms with E-state index < -0.39 is 0 Å². The van der Waals surface area contributed by atoms with Gasteiger partial charge in [-0.15, -0.1) is 0 Å². The lowest BCUT2D eigenvalue weighted by atomic mass is 10.1. The Morgan fingerprint density at radius 3 is 2.31 bits per heavy atom. The summed E-state index contributed by atoms with van der Waals surface area (Å²) in [7, 11) is 0. The third kappa shape index (κ3) is 2.61. The van der Waals surface area contributed by atoms with Gasteiger partial charge in [0.25, 0.3) is 0 Å². The van der Waals surface area contributed by atoms with Gasteiger partial charge in [0.15, 0.2) is 5.78 Å². The first kappa shape index (κ1) is 10.7. The van der Waals surface area contributed by atoms with E-state index in [1.807, 2.05) is 18.2 Å². The molecule has 0 aliphatic carbocycles. The molecule has 1 aromatic carbocycles. The minimum Gasteiger partial charge on any atom is -0.305 e. The number of pyridine rings is 1. The third-order valence-electron chi connectivity index (χ3n) is 2.05. The predicted molar refractivity (Wildman–Crippen MR) is 61.1 cm³/mol. The van der Waals surface area contributed by atoms with Crippen LogP contribution in [0.15, 0.2) is 54.9 Å². The maximum atomic E-state index is 11.8. The molecule has 16 heavy (non-hydrogen) atoms. The van der Waals surface area contributed by atoms with Crippen LogP contribution >= 0.6 is 11.6 Å². The summed E-state index contributed by atoms with van der Waals surface area (Å²) in [6.07, 6.45) is 3.52. The van der Waals surface area contributed by atoms with E-state index in [0.29, 0.717) is 10.6 Å². The number of carbonyl (C=O) groups excluding carboxylic acids is 1. The van der Waals surface area contributed by atoms with Crippen LogP contribution < -0.4 is 4.57 Å². The first-order valence-corrected chi connectivity index (χ1v) is 5.17. The average molecular weight is 231 g/mol. The molecule has 79 valence electrons. The third-order valence-corrected chi connectivity index (χ3v) is 2.30. The molecule has 0 spiro atoms. The van der Waals surface area contributed by atoms with Crippen molar-refractivity contribution in [1.82, 2.24) is 0 Å². The fourth-order valence-electron chi connectivity index (χ4n) is 1.26. The van der Waals surface area contributed by atoms with Gasteiger partial charge in [0, 0.05) is 5.02 Å². The van der Waals surface area contributed by atoms with Crippen LogP contribution in [0.4, 0.5) is 0 Å². The van der Waals surface area contributed by atoms with Gasteiger partial charge in [-0.2, -0.15) is 0 Å². The van der Waals surface area contributed by atoms with Gasteiger partial charge in [-0.05, 0) is 17.7 Å². The van der Waals surface area contributed by atoms with E-state index in [9.17, 15) is 4.79 Å². The summed E-state index contributed by atoms with van der Waals surface area (Å²) in [6, 6.07) is 12.3. The Morgan fingerprint density at radius 2 is 1.69 bits per heavy atom. The molecule has 0 N–H and O–H groups in total. The molecular formula is C13H9ClNO. The normalized spacial score (nSPS) is 9.81. The molecule has 0 aliphatic rings. The molecule has 1 heterocycles. The summed E-state index contributed by atoms with van der Waals surface area (Å²) < 4.78 is 1.59. The fraction of sp³-hybridized carbons (Fsp3) is 0. The van der Waals surface area contributed by atoms with Gasteiger partial charge in [0.05, 0.1) is 12.4 Å². The molecule has 0 saturated heterocycles. The number of nitrogens with zero attached hydrogens (tertiary/aromatic N) is 1. The van der Waals surface area contributed by atoms with E-state index in [2.05, 4.69) is 6.54 Å². The summed E-state index contributed by atoms with van der Waals surface area (Å²) in [5.74, 6) is -0.173. The van der Waals surface area contributed by atoms with Crippen molar-refractivity contribution in [3.8, 4) is 0 Å². The van der Waals surface area contributed by atoms with Crippen LogP contribution in [0.3, 0.4) is 0 Å². The number of ketones is 1. The molecule has 0 saturated carbocycles. The summed E-state index contributed by atoms with van der Waals surface area (Å²) in [4.78, 5) is 11.8. The summed E-state index contributed by atoms with van der Waals surface area (Å²) in [6.45, 7) is 2.71. The second kappa shape index (κ2) is 4.81. The first-order valence-electron chi connectivity index (χ1n) is 4.79. The van der Waals surface area contributed by atoms with E-state index in [-0.39, 0.29) is 5.78 Å². The van der Waals surface area contributed by atoms with Gasteiger partial charge < -0.3 is 4.79 Å². The Labute approximate surface area is 99.1 Å². The maximum Gasteiger partial charge on any atom is 0.203 e. The molecule has 3 heteroatoms. The zero-order chi connectivity index (χ0) is 11.4. The smallest absolute Gasteiger partial charge is 0.203 e. The largest absolute Gasteiger partial charge is 0.305 e.